The molecule has 1 aromatic heterocycles. The number of hydrogen-bond acceptors (Lipinski definition) is 3. The molecular formula is C19H23ClN2O3. The Bertz CT molecular complexity index is 815. The number of amides is 1. The lowest BCUT2D eigenvalue weighted by atomic mass is 10.1. The number of carbonyl (C=O) groups is 1. The first kappa shape index (κ1) is 19.1. The highest BCUT2D eigenvalue weighted by Crippen LogP contribution is 2.17. The number of nitrogens with one attached hydrogen (secondary N) is 1. The summed E-state index contributed by atoms with van der Waals surface area (Å²) in [6, 6.07) is 9.02. The quantitative estimate of drug-likeness (QED) is 0.823. The third kappa shape index (κ3) is 5.36. The van der Waals surface area contributed by atoms with Crippen LogP contribution in [-0.2, 0) is 17.8 Å². The molecule has 0 atom stereocenters. The molecule has 0 bridgehead atoms. The van der Waals surface area contributed by atoms with Gasteiger partial charge in [-0.1, -0.05) is 23.7 Å². The number of ether oxygens (including phenoxy) is 1. The van der Waals surface area contributed by atoms with Crippen LogP contribution in [0.1, 0.15) is 23.2 Å². The molecule has 2 rings (SSSR count). The molecule has 2 aromatic rings. The average molecular weight is 363 g/mol. The van der Waals surface area contributed by atoms with E-state index in [1.165, 1.54) is 13.2 Å². The Balaban J connectivity index is 1.82. The lowest BCUT2D eigenvalue weighted by molar-refractivity contribution is -0.121. The van der Waals surface area contributed by atoms with E-state index in [-0.39, 0.29) is 11.5 Å². The number of aromatic nitrogens is 1. The lowest BCUT2D eigenvalue weighted by Crippen LogP contribution is -2.31. The van der Waals surface area contributed by atoms with Gasteiger partial charge in [0.1, 0.15) is 5.75 Å². The second-order valence-electron chi connectivity index (χ2n) is 5.96. The van der Waals surface area contributed by atoms with Crippen molar-refractivity contribution in [3.63, 3.8) is 0 Å². The summed E-state index contributed by atoms with van der Waals surface area (Å²) >= 11 is 6.00. The molecule has 134 valence electrons. The van der Waals surface area contributed by atoms with Crippen LogP contribution < -0.4 is 15.6 Å². The maximum Gasteiger partial charge on any atom is 0.254 e. The molecule has 1 aromatic carbocycles. The zero-order chi connectivity index (χ0) is 18.4. The number of benzene rings is 1. The first-order valence-corrected chi connectivity index (χ1v) is 8.55. The third-order valence-corrected chi connectivity index (χ3v) is 4.49. The minimum atomic E-state index is -0.136. The fourth-order valence-electron chi connectivity index (χ4n) is 2.62. The molecule has 1 amide bonds. The Labute approximate surface area is 152 Å². The molecule has 1 N–H and O–H groups in total. The van der Waals surface area contributed by atoms with Crippen molar-refractivity contribution in [3.05, 3.63) is 62.5 Å². The van der Waals surface area contributed by atoms with Gasteiger partial charge in [-0.2, -0.15) is 0 Å². The molecule has 0 fully saturated rings. The summed E-state index contributed by atoms with van der Waals surface area (Å²) < 4.78 is 6.69. The molecule has 0 aliphatic heterocycles. The number of rotatable bonds is 7. The normalized spacial score (nSPS) is 10.6. The van der Waals surface area contributed by atoms with Gasteiger partial charge in [0.15, 0.2) is 0 Å². The Morgan fingerprint density at radius 1 is 1.24 bits per heavy atom. The van der Waals surface area contributed by atoms with Crippen LogP contribution in [0.25, 0.3) is 0 Å². The lowest BCUT2D eigenvalue weighted by Gasteiger charge is -2.12. The second-order valence-corrected chi connectivity index (χ2v) is 6.37. The summed E-state index contributed by atoms with van der Waals surface area (Å²) in [5, 5.41) is 3.58. The van der Waals surface area contributed by atoms with Crippen molar-refractivity contribution in [2.45, 2.75) is 33.2 Å². The topological polar surface area (TPSA) is 60.3 Å². The molecule has 0 saturated carbocycles. The van der Waals surface area contributed by atoms with Crippen LogP contribution in [0.15, 0.2) is 35.1 Å². The van der Waals surface area contributed by atoms with E-state index in [0.717, 1.165) is 21.8 Å². The fourth-order valence-corrected chi connectivity index (χ4v) is 2.74. The predicted octanol–water partition coefficient (Wildman–Crippen LogP) is 2.88. The van der Waals surface area contributed by atoms with E-state index in [1.807, 2.05) is 32.0 Å². The molecule has 0 saturated heterocycles. The Hall–Kier alpha value is -2.27. The van der Waals surface area contributed by atoms with E-state index in [9.17, 15) is 9.59 Å². The second kappa shape index (κ2) is 8.72. The molecule has 5 nitrogen and oxygen atoms in total. The van der Waals surface area contributed by atoms with Crippen LogP contribution in [0, 0.1) is 13.8 Å². The van der Waals surface area contributed by atoms with Crippen molar-refractivity contribution in [3.8, 4) is 5.75 Å². The van der Waals surface area contributed by atoms with Crippen LogP contribution in [0.3, 0.4) is 0 Å². The van der Waals surface area contributed by atoms with Gasteiger partial charge in [-0.05, 0) is 43.5 Å². The van der Waals surface area contributed by atoms with Crippen molar-refractivity contribution < 1.29 is 9.53 Å². The van der Waals surface area contributed by atoms with Gasteiger partial charge in [0.25, 0.3) is 5.56 Å². The summed E-state index contributed by atoms with van der Waals surface area (Å²) in [5.41, 5.74) is 2.76. The maximum atomic E-state index is 12.0. The molecule has 0 spiro atoms. The molecule has 25 heavy (non-hydrogen) atoms. The average Bonchev–Trinajstić information content (AvgIpc) is 2.58. The molecule has 6 heteroatoms. The predicted molar refractivity (Wildman–Crippen MR) is 99.5 cm³/mol. The van der Waals surface area contributed by atoms with Crippen LogP contribution in [0.5, 0.6) is 5.75 Å². The van der Waals surface area contributed by atoms with E-state index in [0.29, 0.717) is 31.7 Å². The maximum absolute atomic E-state index is 12.0. The van der Waals surface area contributed by atoms with Crippen LogP contribution >= 0.6 is 11.6 Å². The van der Waals surface area contributed by atoms with E-state index < -0.39 is 0 Å². The van der Waals surface area contributed by atoms with Gasteiger partial charge in [-0.15, -0.1) is 0 Å². The van der Waals surface area contributed by atoms with Crippen molar-refractivity contribution in [1.29, 1.82) is 0 Å². The van der Waals surface area contributed by atoms with Crippen LogP contribution in [0.4, 0.5) is 0 Å². The van der Waals surface area contributed by atoms with Crippen molar-refractivity contribution in [2.75, 3.05) is 13.7 Å². The molecule has 1 heterocycles. The van der Waals surface area contributed by atoms with Gasteiger partial charge in [0, 0.05) is 36.3 Å². The largest absolute Gasteiger partial charge is 0.496 e. The van der Waals surface area contributed by atoms with E-state index in [1.54, 1.807) is 10.6 Å². The van der Waals surface area contributed by atoms with E-state index in [2.05, 4.69) is 5.32 Å². The number of halogens is 1. The first-order chi connectivity index (χ1) is 11.9. The number of carbonyl (C=O) groups excluding carboxylic acids is 1. The monoisotopic (exact) mass is 362 g/mol. The highest BCUT2D eigenvalue weighted by atomic mass is 35.5. The van der Waals surface area contributed by atoms with Gasteiger partial charge in [-0.3, -0.25) is 9.59 Å². The molecule has 0 radical (unpaired) electrons. The van der Waals surface area contributed by atoms with E-state index >= 15 is 0 Å². The molecule has 0 aliphatic carbocycles. The number of nitrogens with zero attached hydrogens (tertiary/aromatic N) is 1. The number of pyridine rings is 1. The number of methoxy groups -OCH3 is 1. The van der Waals surface area contributed by atoms with Crippen molar-refractivity contribution in [2.24, 2.45) is 0 Å². The zero-order valence-corrected chi connectivity index (χ0v) is 15.5. The van der Waals surface area contributed by atoms with Crippen LogP contribution in [-0.4, -0.2) is 24.1 Å². The van der Waals surface area contributed by atoms with Gasteiger partial charge < -0.3 is 14.6 Å². The molecule has 0 aliphatic rings. The summed E-state index contributed by atoms with van der Waals surface area (Å²) in [6.45, 7) is 4.63. The highest BCUT2D eigenvalue weighted by Gasteiger charge is 2.06. The van der Waals surface area contributed by atoms with Gasteiger partial charge in [0.2, 0.25) is 5.91 Å². The summed E-state index contributed by atoms with van der Waals surface area (Å²) in [5.74, 6) is 0.507. The number of hydrogen-bond donors (Lipinski definition) is 1. The SMILES string of the molecule is COc1cc(C)n(CCNC(=O)CCc2ccc(Cl)c(C)c2)c(=O)c1. The zero-order valence-electron chi connectivity index (χ0n) is 14.8. The Morgan fingerprint density at radius 2 is 2.00 bits per heavy atom. The number of aryl methyl sites for hydroxylation is 3. The van der Waals surface area contributed by atoms with Crippen molar-refractivity contribution in [1.82, 2.24) is 9.88 Å². The molecule has 0 unspecified atom stereocenters. The van der Waals surface area contributed by atoms with Crippen LogP contribution in [0.2, 0.25) is 5.02 Å². The first-order valence-electron chi connectivity index (χ1n) is 8.18. The fraction of sp³-hybridized carbons (Fsp3) is 0.368. The minimum absolute atomic E-state index is 0.0354. The summed E-state index contributed by atoms with van der Waals surface area (Å²) in [7, 11) is 1.53. The minimum Gasteiger partial charge on any atom is -0.496 e. The Morgan fingerprint density at radius 3 is 2.64 bits per heavy atom. The van der Waals surface area contributed by atoms with E-state index in [4.69, 9.17) is 16.3 Å². The van der Waals surface area contributed by atoms with Gasteiger partial charge in [-0.25, -0.2) is 0 Å². The highest BCUT2D eigenvalue weighted by molar-refractivity contribution is 6.31. The summed E-state index contributed by atoms with van der Waals surface area (Å²) in [6.07, 6.45) is 1.06. The summed E-state index contributed by atoms with van der Waals surface area (Å²) in [4.78, 5) is 24.0. The standard InChI is InChI=1S/C19H23ClN2O3/c1-13-10-15(4-6-17(13)20)5-7-18(23)21-8-9-22-14(2)11-16(25-3)12-19(22)24/h4,6,10-12H,5,7-9H2,1-3H3,(H,21,23). The molecular weight excluding hydrogens is 340 g/mol. The Kier molecular flexibility index (Phi) is 6.65. The third-order valence-electron chi connectivity index (χ3n) is 4.07. The van der Waals surface area contributed by atoms with Crippen molar-refractivity contribution >= 4 is 17.5 Å². The van der Waals surface area contributed by atoms with Gasteiger partial charge in [0.05, 0.1) is 7.11 Å². The van der Waals surface area contributed by atoms with Gasteiger partial charge >= 0.3 is 0 Å². The smallest absolute Gasteiger partial charge is 0.254 e.